The molecule has 2 fully saturated rings. The van der Waals surface area contributed by atoms with Crippen LogP contribution in [0.25, 0.3) is 0 Å². The molecule has 26 heavy (non-hydrogen) atoms. The number of aliphatic hydroxyl groups is 2. The Kier molecular flexibility index (Phi) is 4.36. The molecule has 0 spiro atoms. The Morgan fingerprint density at radius 3 is 2.65 bits per heavy atom. The molecule has 6 heteroatoms. The highest BCUT2D eigenvalue weighted by atomic mass is 16.6. The monoisotopic (exact) mass is 364 g/mol. The molecule has 1 saturated heterocycles. The highest BCUT2D eigenvalue weighted by Crippen LogP contribution is 2.58. The zero-order valence-corrected chi connectivity index (χ0v) is 16.0. The first-order valence-electron chi connectivity index (χ1n) is 9.14. The minimum absolute atomic E-state index is 0.369. The van der Waals surface area contributed by atoms with Gasteiger partial charge in [0.25, 0.3) is 0 Å². The summed E-state index contributed by atoms with van der Waals surface area (Å²) in [7, 11) is 0. The maximum absolute atomic E-state index is 12.7. The Balaban J connectivity index is 1.98. The minimum Gasteiger partial charge on any atom is -0.458 e. The van der Waals surface area contributed by atoms with Crippen LogP contribution >= 0.6 is 0 Å². The summed E-state index contributed by atoms with van der Waals surface area (Å²) in [6, 6.07) is 0. The van der Waals surface area contributed by atoms with Gasteiger partial charge in [0.05, 0.1) is 11.7 Å². The lowest BCUT2D eigenvalue weighted by Crippen LogP contribution is -2.61. The molecule has 0 amide bonds. The zero-order valence-electron chi connectivity index (χ0n) is 16.0. The van der Waals surface area contributed by atoms with Crippen LogP contribution < -0.4 is 0 Å². The quantitative estimate of drug-likeness (QED) is 0.442. The predicted octanol–water partition coefficient (Wildman–Crippen LogP) is 1.89. The van der Waals surface area contributed by atoms with Gasteiger partial charge in [0.15, 0.2) is 0 Å². The lowest BCUT2D eigenvalue weighted by atomic mass is 9.52. The smallest absolute Gasteiger partial charge is 0.351 e. The number of carbonyl (C=O) groups is 2. The summed E-state index contributed by atoms with van der Waals surface area (Å²) in [6.07, 6.45) is 4.62. The van der Waals surface area contributed by atoms with Crippen LogP contribution in [0.3, 0.4) is 0 Å². The molecular weight excluding hydrogens is 336 g/mol. The van der Waals surface area contributed by atoms with Crippen LogP contribution in [0.15, 0.2) is 23.8 Å². The average Bonchev–Trinajstić information content (AvgIpc) is 2.80. The van der Waals surface area contributed by atoms with Gasteiger partial charge < -0.3 is 19.7 Å². The van der Waals surface area contributed by atoms with Crippen molar-refractivity contribution in [3.63, 3.8) is 0 Å². The number of hydrogen-bond donors (Lipinski definition) is 2. The molecule has 0 unspecified atom stereocenters. The second-order valence-electron chi connectivity index (χ2n) is 8.50. The van der Waals surface area contributed by atoms with Crippen LogP contribution in [0.4, 0.5) is 0 Å². The van der Waals surface area contributed by atoms with E-state index in [1.807, 2.05) is 6.92 Å². The average molecular weight is 364 g/mol. The topological polar surface area (TPSA) is 93.1 Å². The molecule has 1 saturated carbocycles. The van der Waals surface area contributed by atoms with E-state index in [9.17, 15) is 19.8 Å². The molecule has 0 aromatic rings. The third-order valence-electron chi connectivity index (χ3n) is 6.77. The van der Waals surface area contributed by atoms with E-state index in [4.69, 9.17) is 9.47 Å². The van der Waals surface area contributed by atoms with Gasteiger partial charge in [0.2, 0.25) is 5.60 Å². The predicted molar refractivity (Wildman–Crippen MR) is 93.9 cm³/mol. The number of allylic oxidation sites excluding steroid dienone is 1. The summed E-state index contributed by atoms with van der Waals surface area (Å²) >= 11 is 0. The highest BCUT2D eigenvalue weighted by molar-refractivity contribution is 5.92. The SMILES string of the molecule is C/C=C(/C)C(=O)O[C@@]1(C)C(=O)O[C@@H]2[C@@H]3[C@@](C)(CC[C@@H]21)[C@@H](O)C=C[C@]3(C)O. The molecule has 2 N–H and O–H groups in total. The Bertz CT molecular complexity index is 692. The van der Waals surface area contributed by atoms with Crippen molar-refractivity contribution in [2.45, 2.75) is 70.9 Å². The van der Waals surface area contributed by atoms with Crippen molar-refractivity contribution in [2.75, 3.05) is 0 Å². The number of ether oxygens (including phenoxy) is 2. The van der Waals surface area contributed by atoms with Gasteiger partial charge in [-0.3, -0.25) is 0 Å². The van der Waals surface area contributed by atoms with Gasteiger partial charge >= 0.3 is 11.9 Å². The van der Waals surface area contributed by atoms with Gasteiger partial charge in [-0.05, 0) is 40.5 Å². The second kappa shape index (κ2) is 5.92. The molecule has 6 nitrogen and oxygen atoms in total. The summed E-state index contributed by atoms with van der Waals surface area (Å²) in [4.78, 5) is 25.0. The Hall–Kier alpha value is -1.66. The second-order valence-corrected chi connectivity index (χ2v) is 8.50. The zero-order chi connectivity index (χ0) is 19.5. The molecule has 1 aliphatic heterocycles. The Labute approximate surface area is 153 Å². The molecule has 2 aliphatic carbocycles. The maximum atomic E-state index is 12.7. The molecule has 3 rings (SSSR count). The Morgan fingerprint density at radius 1 is 1.38 bits per heavy atom. The third-order valence-corrected chi connectivity index (χ3v) is 6.77. The van der Waals surface area contributed by atoms with Crippen molar-refractivity contribution in [1.29, 1.82) is 0 Å². The summed E-state index contributed by atoms with van der Waals surface area (Å²) in [5.74, 6) is -1.99. The van der Waals surface area contributed by atoms with E-state index in [0.29, 0.717) is 18.4 Å². The molecule has 0 aromatic heterocycles. The van der Waals surface area contributed by atoms with Crippen LogP contribution in [0.2, 0.25) is 0 Å². The number of carbonyl (C=O) groups excluding carboxylic acids is 2. The first-order chi connectivity index (χ1) is 12.0. The van der Waals surface area contributed by atoms with E-state index >= 15 is 0 Å². The molecule has 7 atom stereocenters. The molecule has 3 aliphatic rings. The normalized spacial score (nSPS) is 47.8. The number of esters is 2. The van der Waals surface area contributed by atoms with Gasteiger partial charge in [-0.1, -0.05) is 25.2 Å². The van der Waals surface area contributed by atoms with Crippen molar-refractivity contribution < 1.29 is 29.3 Å². The lowest BCUT2D eigenvalue weighted by Gasteiger charge is -2.55. The van der Waals surface area contributed by atoms with Gasteiger partial charge in [-0.2, -0.15) is 0 Å². The van der Waals surface area contributed by atoms with Crippen LogP contribution in [0.5, 0.6) is 0 Å². The number of aliphatic hydroxyl groups excluding tert-OH is 1. The van der Waals surface area contributed by atoms with Crippen LogP contribution in [0, 0.1) is 17.3 Å². The van der Waals surface area contributed by atoms with Crippen molar-refractivity contribution in [3.8, 4) is 0 Å². The van der Waals surface area contributed by atoms with Crippen LogP contribution in [0.1, 0.15) is 47.5 Å². The first-order valence-corrected chi connectivity index (χ1v) is 9.14. The summed E-state index contributed by atoms with van der Waals surface area (Å²) in [5.41, 5.74) is -2.82. The molecule has 0 bridgehead atoms. The fraction of sp³-hybridized carbons (Fsp3) is 0.700. The van der Waals surface area contributed by atoms with Crippen molar-refractivity contribution in [2.24, 2.45) is 17.3 Å². The van der Waals surface area contributed by atoms with E-state index in [0.717, 1.165) is 0 Å². The molecule has 144 valence electrons. The van der Waals surface area contributed by atoms with Gasteiger partial charge in [0, 0.05) is 22.8 Å². The van der Waals surface area contributed by atoms with Crippen LogP contribution in [-0.2, 0) is 19.1 Å². The largest absolute Gasteiger partial charge is 0.458 e. The van der Waals surface area contributed by atoms with E-state index in [-0.39, 0.29) is 5.92 Å². The molecule has 0 radical (unpaired) electrons. The summed E-state index contributed by atoms with van der Waals surface area (Å²) < 4.78 is 11.3. The number of fused-ring (bicyclic) bond motifs is 3. The van der Waals surface area contributed by atoms with Gasteiger partial charge in [-0.25, -0.2) is 9.59 Å². The minimum atomic E-state index is -1.39. The molecule has 0 aromatic carbocycles. The van der Waals surface area contributed by atoms with Crippen molar-refractivity contribution >= 4 is 11.9 Å². The standard InChI is InChI=1S/C20H28O6/c1-6-11(2)16(22)26-20(5)12-7-9-18(3)13(21)8-10-19(4,24)15(18)14(12)25-17(20)23/h6,8,10,12-15,21,24H,7,9H2,1-5H3/b11-6-/t12-,13-,14-,15+,18-,19-,20+/m0/s1. The fourth-order valence-corrected chi connectivity index (χ4v) is 4.97. The molecule has 1 heterocycles. The van der Waals surface area contributed by atoms with Crippen molar-refractivity contribution in [3.05, 3.63) is 23.8 Å². The fourth-order valence-electron chi connectivity index (χ4n) is 4.97. The van der Waals surface area contributed by atoms with E-state index < -0.39 is 46.7 Å². The number of rotatable bonds is 2. The summed E-state index contributed by atoms with van der Waals surface area (Å²) in [5, 5.41) is 21.5. The Morgan fingerprint density at radius 2 is 2.04 bits per heavy atom. The summed E-state index contributed by atoms with van der Waals surface area (Å²) in [6.45, 7) is 8.53. The van der Waals surface area contributed by atoms with E-state index in [2.05, 4.69) is 0 Å². The van der Waals surface area contributed by atoms with E-state index in [1.165, 1.54) is 0 Å². The highest BCUT2D eigenvalue weighted by Gasteiger charge is 2.68. The van der Waals surface area contributed by atoms with Gasteiger partial charge in [-0.15, -0.1) is 0 Å². The van der Waals surface area contributed by atoms with Gasteiger partial charge in [0.1, 0.15) is 6.10 Å². The maximum Gasteiger partial charge on any atom is 0.351 e. The van der Waals surface area contributed by atoms with Crippen LogP contribution in [-0.4, -0.2) is 45.6 Å². The third kappa shape index (κ3) is 2.54. The van der Waals surface area contributed by atoms with E-state index in [1.54, 1.807) is 45.9 Å². The first kappa shape index (κ1) is 19.1. The number of hydrogen-bond acceptors (Lipinski definition) is 6. The van der Waals surface area contributed by atoms with Crippen molar-refractivity contribution in [1.82, 2.24) is 0 Å². The molecular formula is C20H28O6. The lowest BCUT2D eigenvalue weighted by molar-refractivity contribution is -0.175.